The fourth-order valence-corrected chi connectivity index (χ4v) is 3.43. The second-order valence-electron chi connectivity index (χ2n) is 7.31. The van der Waals surface area contributed by atoms with Crippen LogP contribution in [0.1, 0.15) is 16.7 Å². The van der Waals surface area contributed by atoms with Gasteiger partial charge in [0.05, 0.1) is 12.0 Å². The van der Waals surface area contributed by atoms with E-state index in [1.54, 1.807) is 19.2 Å². The summed E-state index contributed by atoms with van der Waals surface area (Å²) in [6.07, 6.45) is 5.67. The average Bonchev–Trinajstić information content (AvgIpc) is 2.87. The van der Waals surface area contributed by atoms with Crippen LogP contribution < -0.4 is 4.74 Å². The van der Waals surface area contributed by atoms with Gasteiger partial charge in [-0.15, -0.1) is 6.42 Å². The summed E-state index contributed by atoms with van der Waals surface area (Å²) < 4.78 is 5.23. The second-order valence-corrected chi connectivity index (χ2v) is 7.31. The normalized spacial score (nSPS) is 9.94. The second kappa shape index (κ2) is 9.56. The number of ether oxygens (including phenoxy) is 1. The molecule has 0 fully saturated rings. The average molecular weight is 429 g/mol. The molecule has 4 aromatic rings. The lowest BCUT2D eigenvalue weighted by Gasteiger charge is -2.06. The Balaban J connectivity index is 1.64. The molecule has 0 atom stereocenters. The molecule has 0 saturated heterocycles. The molecule has 4 nitrogen and oxygen atoms in total. The van der Waals surface area contributed by atoms with Crippen LogP contribution in [0.25, 0.3) is 22.3 Å². The maximum Gasteiger partial charge on any atom is 0.269 e. The van der Waals surface area contributed by atoms with Crippen molar-refractivity contribution in [3.63, 3.8) is 0 Å². The number of nitro benzene ring substituents is 1. The minimum Gasteiger partial charge on any atom is -0.497 e. The van der Waals surface area contributed by atoms with E-state index in [2.05, 4.69) is 17.8 Å². The van der Waals surface area contributed by atoms with Gasteiger partial charge >= 0.3 is 0 Å². The molecule has 158 valence electrons. The Kier molecular flexibility index (Phi) is 6.21. The molecular formula is C29H19NO3. The van der Waals surface area contributed by atoms with Crippen molar-refractivity contribution in [1.82, 2.24) is 0 Å². The van der Waals surface area contributed by atoms with E-state index in [1.807, 2.05) is 66.7 Å². The molecule has 0 aliphatic heterocycles. The van der Waals surface area contributed by atoms with Gasteiger partial charge in [-0.25, -0.2) is 0 Å². The summed E-state index contributed by atoms with van der Waals surface area (Å²) >= 11 is 0. The Morgan fingerprint density at radius 3 is 2.00 bits per heavy atom. The summed E-state index contributed by atoms with van der Waals surface area (Å²) in [6, 6.07) is 27.9. The smallest absolute Gasteiger partial charge is 0.269 e. The van der Waals surface area contributed by atoms with Gasteiger partial charge in [-0.2, -0.15) is 0 Å². The molecule has 33 heavy (non-hydrogen) atoms. The van der Waals surface area contributed by atoms with Gasteiger partial charge in [-0.05, 0) is 76.9 Å². The SMILES string of the molecule is C#Cc1cc(C#Cc2cccc(-c3ccc([N+](=O)[O-])cc3)c2)cc(-c2ccc(OC)cc2)c1. The van der Waals surface area contributed by atoms with E-state index in [9.17, 15) is 10.1 Å². The fourth-order valence-electron chi connectivity index (χ4n) is 3.43. The summed E-state index contributed by atoms with van der Waals surface area (Å²) in [4.78, 5) is 10.5. The van der Waals surface area contributed by atoms with Crippen LogP contribution in [-0.4, -0.2) is 12.0 Å². The van der Waals surface area contributed by atoms with Crippen molar-refractivity contribution in [2.75, 3.05) is 7.11 Å². The van der Waals surface area contributed by atoms with Crippen LogP contribution in [0.4, 0.5) is 5.69 Å². The fraction of sp³-hybridized carbons (Fsp3) is 0.0345. The molecule has 4 rings (SSSR count). The van der Waals surface area contributed by atoms with E-state index in [-0.39, 0.29) is 5.69 Å². The Morgan fingerprint density at radius 1 is 0.727 bits per heavy atom. The molecule has 0 aromatic heterocycles. The zero-order valence-corrected chi connectivity index (χ0v) is 17.9. The number of methoxy groups -OCH3 is 1. The molecular weight excluding hydrogens is 410 g/mol. The number of nitrogens with zero attached hydrogens (tertiary/aromatic N) is 1. The van der Waals surface area contributed by atoms with Crippen LogP contribution in [-0.2, 0) is 0 Å². The van der Waals surface area contributed by atoms with E-state index in [1.165, 1.54) is 12.1 Å². The van der Waals surface area contributed by atoms with Crippen LogP contribution in [0.5, 0.6) is 5.75 Å². The minimum absolute atomic E-state index is 0.0655. The highest BCUT2D eigenvalue weighted by Crippen LogP contribution is 2.25. The number of hydrogen-bond donors (Lipinski definition) is 0. The maximum absolute atomic E-state index is 10.9. The van der Waals surface area contributed by atoms with Crippen molar-refractivity contribution in [3.8, 4) is 52.2 Å². The third kappa shape index (κ3) is 5.10. The molecule has 0 amide bonds. The summed E-state index contributed by atoms with van der Waals surface area (Å²) in [5.74, 6) is 9.91. The number of benzene rings is 4. The van der Waals surface area contributed by atoms with E-state index < -0.39 is 4.92 Å². The maximum atomic E-state index is 10.9. The Morgan fingerprint density at radius 2 is 1.33 bits per heavy atom. The van der Waals surface area contributed by atoms with Gasteiger partial charge in [0.2, 0.25) is 0 Å². The van der Waals surface area contributed by atoms with Crippen molar-refractivity contribution in [2.45, 2.75) is 0 Å². The molecule has 0 aliphatic rings. The van der Waals surface area contributed by atoms with Gasteiger partial charge in [0.1, 0.15) is 5.75 Å². The van der Waals surface area contributed by atoms with Crippen LogP contribution in [0.15, 0.2) is 91.0 Å². The first-order valence-corrected chi connectivity index (χ1v) is 10.2. The van der Waals surface area contributed by atoms with Gasteiger partial charge in [0.15, 0.2) is 0 Å². The molecule has 0 N–H and O–H groups in total. The molecule has 0 unspecified atom stereocenters. The van der Waals surface area contributed by atoms with Crippen molar-refractivity contribution in [1.29, 1.82) is 0 Å². The topological polar surface area (TPSA) is 52.4 Å². The standard InChI is InChI=1S/C29H19NO3/c1-3-21-17-23(20-27(18-21)25-11-15-29(33-2)16-12-25)8-7-22-5-4-6-26(19-22)24-9-13-28(14-10-24)30(31)32/h1,4-6,9-20H,2H3. The van der Waals surface area contributed by atoms with Crippen LogP contribution in [0.3, 0.4) is 0 Å². The van der Waals surface area contributed by atoms with Gasteiger partial charge < -0.3 is 4.74 Å². The van der Waals surface area contributed by atoms with Crippen molar-refractivity contribution >= 4 is 5.69 Å². The third-order valence-electron chi connectivity index (χ3n) is 5.15. The molecule has 0 radical (unpaired) electrons. The first-order valence-electron chi connectivity index (χ1n) is 10.2. The predicted molar refractivity (Wildman–Crippen MR) is 131 cm³/mol. The van der Waals surface area contributed by atoms with Crippen molar-refractivity contribution < 1.29 is 9.66 Å². The zero-order valence-electron chi connectivity index (χ0n) is 17.9. The number of non-ortho nitro benzene ring substituents is 1. The molecule has 0 spiro atoms. The van der Waals surface area contributed by atoms with Gasteiger partial charge in [-0.1, -0.05) is 42.0 Å². The van der Waals surface area contributed by atoms with Gasteiger partial charge in [0, 0.05) is 28.8 Å². The Bertz CT molecular complexity index is 1420. The van der Waals surface area contributed by atoms with E-state index in [0.717, 1.165) is 44.7 Å². The van der Waals surface area contributed by atoms with Crippen LogP contribution >= 0.6 is 0 Å². The first kappa shape index (κ1) is 21.4. The van der Waals surface area contributed by atoms with Crippen molar-refractivity contribution in [2.24, 2.45) is 0 Å². The van der Waals surface area contributed by atoms with E-state index in [4.69, 9.17) is 11.2 Å². The number of nitro groups is 1. The lowest BCUT2D eigenvalue weighted by Crippen LogP contribution is -1.87. The third-order valence-corrected chi connectivity index (χ3v) is 5.15. The summed E-state index contributed by atoms with van der Waals surface area (Å²) in [5, 5.41) is 10.9. The molecule has 0 saturated carbocycles. The largest absolute Gasteiger partial charge is 0.497 e. The Hall–Kier alpha value is -4.80. The van der Waals surface area contributed by atoms with E-state index in [0.29, 0.717) is 0 Å². The first-order chi connectivity index (χ1) is 16.1. The number of hydrogen-bond acceptors (Lipinski definition) is 3. The van der Waals surface area contributed by atoms with Gasteiger partial charge in [0.25, 0.3) is 5.69 Å². The quantitative estimate of drug-likeness (QED) is 0.217. The summed E-state index contributed by atoms with van der Waals surface area (Å²) in [7, 11) is 1.64. The van der Waals surface area contributed by atoms with E-state index >= 15 is 0 Å². The number of terminal acetylenes is 1. The highest BCUT2D eigenvalue weighted by atomic mass is 16.6. The monoisotopic (exact) mass is 429 g/mol. The summed E-state index contributed by atoms with van der Waals surface area (Å²) in [5.41, 5.74) is 6.31. The Labute approximate surface area is 192 Å². The zero-order chi connectivity index (χ0) is 23.2. The lowest BCUT2D eigenvalue weighted by molar-refractivity contribution is -0.384. The molecule has 4 aromatic carbocycles. The molecule has 0 aliphatic carbocycles. The van der Waals surface area contributed by atoms with Gasteiger partial charge in [-0.3, -0.25) is 10.1 Å². The highest BCUT2D eigenvalue weighted by Gasteiger charge is 2.06. The number of rotatable bonds is 4. The summed E-state index contributed by atoms with van der Waals surface area (Å²) in [6.45, 7) is 0. The molecule has 4 heteroatoms. The molecule has 0 bridgehead atoms. The highest BCUT2D eigenvalue weighted by molar-refractivity contribution is 5.70. The minimum atomic E-state index is -0.407. The van der Waals surface area contributed by atoms with Crippen LogP contribution in [0, 0.1) is 34.3 Å². The predicted octanol–water partition coefficient (Wildman–Crippen LogP) is 6.32. The lowest BCUT2D eigenvalue weighted by atomic mass is 9.99. The van der Waals surface area contributed by atoms with Crippen molar-refractivity contribution in [3.05, 3.63) is 118 Å². The van der Waals surface area contributed by atoms with Crippen LogP contribution in [0.2, 0.25) is 0 Å². The molecule has 0 heterocycles.